The van der Waals surface area contributed by atoms with Crippen molar-refractivity contribution in [3.05, 3.63) is 94.1 Å². The van der Waals surface area contributed by atoms with Gasteiger partial charge in [-0.25, -0.2) is 19.3 Å². The summed E-state index contributed by atoms with van der Waals surface area (Å²) in [4.78, 5) is 37.3. The molecule has 13 heteroatoms. The van der Waals surface area contributed by atoms with Gasteiger partial charge in [0.1, 0.15) is 23.5 Å². The number of rotatable bonds is 6. The zero-order valence-electron chi connectivity index (χ0n) is 20.9. The number of carbonyl (C=O) groups excluding carboxylic acids is 2. The molecule has 0 bridgehead atoms. The minimum atomic E-state index is -4.62. The first-order valence-corrected chi connectivity index (χ1v) is 12.3. The van der Waals surface area contributed by atoms with Gasteiger partial charge in [0, 0.05) is 18.2 Å². The number of aryl methyl sites for hydroxylation is 1. The zero-order chi connectivity index (χ0) is 28.2. The van der Waals surface area contributed by atoms with Gasteiger partial charge in [0.15, 0.2) is 5.82 Å². The lowest BCUT2D eigenvalue weighted by Gasteiger charge is -2.18. The van der Waals surface area contributed by atoms with Gasteiger partial charge in [-0.1, -0.05) is 24.3 Å². The molecular weight excluding hydrogens is 530 g/mol. The number of nitrogens with one attached hydrogen (secondary N) is 3. The molecule has 0 spiro atoms. The van der Waals surface area contributed by atoms with Crippen LogP contribution in [-0.4, -0.2) is 37.0 Å². The van der Waals surface area contributed by atoms with Gasteiger partial charge in [-0.2, -0.15) is 18.3 Å². The summed E-state index contributed by atoms with van der Waals surface area (Å²) in [6.07, 6.45) is -2.14. The van der Waals surface area contributed by atoms with Crippen LogP contribution < -0.4 is 10.6 Å². The number of hydrogen-bond donors (Lipinski definition) is 3. The quantitative estimate of drug-likeness (QED) is 0.313. The minimum absolute atomic E-state index is 0.00465. The highest BCUT2D eigenvalue weighted by Gasteiger charge is 2.61. The molecule has 40 heavy (non-hydrogen) atoms. The van der Waals surface area contributed by atoms with Gasteiger partial charge in [0.05, 0.1) is 5.54 Å². The molecule has 3 N–H and O–H groups in total. The lowest BCUT2D eigenvalue weighted by molar-refractivity contribution is -0.144. The number of halogens is 4. The Kier molecular flexibility index (Phi) is 5.89. The molecule has 2 unspecified atom stereocenters. The highest BCUT2D eigenvalue weighted by Crippen LogP contribution is 2.60. The van der Waals surface area contributed by atoms with Crippen molar-refractivity contribution in [2.45, 2.75) is 38.0 Å². The smallest absolute Gasteiger partial charge is 0.347 e. The molecule has 2 aromatic carbocycles. The average molecular weight is 552 g/mol. The first-order chi connectivity index (χ1) is 19.0. The number of aromatic nitrogens is 5. The molecule has 204 valence electrons. The van der Waals surface area contributed by atoms with Crippen LogP contribution in [0.2, 0.25) is 0 Å². The summed E-state index contributed by atoms with van der Waals surface area (Å²) in [5.41, 5.74) is 2.79. The summed E-state index contributed by atoms with van der Waals surface area (Å²) >= 11 is 0. The van der Waals surface area contributed by atoms with Gasteiger partial charge in [-0.15, -0.1) is 0 Å². The van der Waals surface area contributed by atoms with E-state index in [4.69, 9.17) is 0 Å². The van der Waals surface area contributed by atoms with E-state index in [2.05, 4.69) is 30.7 Å². The Hall–Kier alpha value is -4.68. The van der Waals surface area contributed by atoms with Crippen molar-refractivity contribution in [2.75, 3.05) is 0 Å². The lowest BCUT2D eigenvalue weighted by atomic mass is 9.99. The summed E-state index contributed by atoms with van der Waals surface area (Å²) in [6.45, 7) is 1.78. The van der Waals surface area contributed by atoms with E-state index in [1.54, 1.807) is 37.3 Å². The second-order valence-corrected chi connectivity index (χ2v) is 9.96. The van der Waals surface area contributed by atoms with E-state index in [1.165, 1.54) is 12.1 Å². The average Bonchev–Trinajstić information content (AvgIpc) is 3.25. The number of benzene rings is 2. The van der Waals surface area contributed by atoms with Crippen LogP contribution in [0.4, 0.5) is 17.6 Å². The molecule has 1 fully saturated rings. The second-order valence-electron chi connectivity index (χ2n) is 9.96. The highest BCUT2D eigenvalue weighted by molar-refractivity contribution is 5.97. The van der Waals surface area contributed by atoms with Crippen molar-refractivity contribution in [1.29, 1.82) is 0 Å². The van der Waals surface area contributed by atoms with Gasteiger partial charge in [0.25, 0.3) is 11.8 Å². The fourth-order valence-corrected chi connectivity index (χ4v) is 5.21. The van der Waals surface area contributed by atoms with Gasteiger partial charge < -0.3 is 10.6 Å². The van der Waals surface area contributed by atoms with Crippen molar-refractivity contribution >= 4 is 11.8 Å². The molecule has 0 saturated heterocycles. The molecule has 4 aromatic rings. The zero-order valence-corrected chi connectivity index (χ0v) is 20.9. The van der Waals surface area contributed by atoms with E-state index < -0.39 is 29.4 Å². The molecule has 2 amide bonds. The number of alkyl halides is 3. The number of H-pyrrole nitrogens is 1. The third-order valence-electron chi connectivity index (χ3n) is 7.31. The first-order valence-electron chi connectivity index (χ1n) is 12.3. The molecule has 6 rings (SSSR count). The Labute approximate surface area is 224 Å². The molecule has 0 radical (unpaired) electrons. The molecule has 2 heterocycles. The fraction of sp³-hybridized carbons (Fsp3) is 0.259. The monoisotopic (exact) mass is 551 g/mol. The van der Waals surface area contributed by atoms with Crippen LogP contribution in [0.15, 0.2) is 48.8 Å². The summed E-state index contributed by atoms with van der Waals surface area (Å²) in [5.74, 6) is -2.43. The third-order valence-corrected chi connectivity index (χ3v) is 7.31. The second kappa shape index (κ2) is 9.21. The van der Waals surface area contributed by atoms with Crippen LogP contribution in [0.3, 0.4) is 0 Å². The minimum Gasteiger partial charge on any atom is -0.347 e. The maximum atomic E-state index is 13.5. The fourth-order valence-electron chi connectivity index (χ4n) is 5.21. The number of nitrogens with zero attached hydrogens (tertiary/aromatic N) is 4. The number of hydrogen-bond acceptors (Lipinski definition) is 6. The van der Waals surface area contributed by atoms with Crippen LogP contribution in [0.5, 0.6) is 0 Å². The summed E-state index contributed by atoms with van der Waals surface area (Å²) in [6, 6.07) is 11.0. The molecule has 2 aliphatic carbocycles. The topological polar surface area (TPSA) is 126 Å². The summed E-state index contributed by atoms with van der Waals surface area (Å²) in [7, 11) is 0. The Morgan fingerprint density at radius 3 is 2.58 bits per heavy atom. The summed E-state index contributed by atoms with van der Waals surface area (Å²) < 4.78 is 52.2. The van der Waals surface area contributed by atoms with Gasteiger partial charge in [-0.3, -0.25) is 14.7 Å². The number of carbonyl (C=O) groups is 2. The van der Waals surface area contributed by atoms with E-state index >= 15 is 0 Å². The third kappa shape index (κ3) is 4.56. The molecule has 2 aliphatic rings. The normalized spacial score (nSPS) is 19.1. The standard InChI is InChI=1S/C27H21F4N7O2/c1-13-6-14(2-5-19(13)28)11-32-23(39)20-9-21(34-12-33-20)24(40)36-26-10-17(26)8-16-7-15(3-4-18(16)26)22-35-25(38-37-22)27(29,30)31/h2-7,9,12,17H,8,10-11H2,1H3,(H,32,39)(H,36,40)(H,35,37,38). The Bertz CT molecular complexity index is 1670. The Morgan fingerprint density at radius 2 is 1.85 bits per heavy atom. The maximum absolute atomic E-state index is 13.5. The Morgan fingerprint density at radius 1 is 1.07 bits per heavy atom. The van der Waals surface area contributed by atoms with Crippen molar-refractivity contribution in [1.82, 2.24) is 35.8 Å². The molecule has 2 aromatic heterocycles. The van der Waals surface area contributed by atoms with Crippen LogP contribution in [-0.2, 0) is 24.7 Å². The van der Waals surface area contributed by atoms with Crippen LogP contribution >= 0.6 is 0 Å². The number of amides is 2. The van der Waals surface area contributed by atoms with Crippen molar-refractivity contribution in [2.24, 2.45) is 5.92 Å². The number of fused-ring (bicyclic) bond motifs is 3. The Balaban J connectivity index is 1.15. The predicted octanol–water partition coefficient (Wildman–Crippen LogP) is 3.86. The van der Waals surface area contributed by atoms with Gasteiger partial charge >= 0.3 is 6.18 Å². The lowest BCUT2D eigenvalue weighted by Crippen LogP contribution is -2.36. The van der Waals surface area contributed by atoms with Crippen LogP contribution in [0.1, 0.15) is 55.5 Å². The molecule has 0 aliphatic heterocycles. The van der Waals surface area contributed by atoms with E-state index in [0.29, 0.717) is 29.5 Å². The SMILES string of the molecule is Cc1cc(CNC(=O)c2cc(C(=O)NC34CC3Cc3cc(-c5n[nH]c(C(F)(F)F)n5)ccc34)ncn2)ccc1F. The van der Waals surface area contributed by atoms with E-state index in [-0.39, 0.29) is 35.5 Å². The number of aromatic amines is 1. The van der Waals surface area contributed by atoms with Gasteiger partial charge in [-0.05, 0) is 60.1 Å². The van der Waals surface area contributed by atoms with E-state index in [0.717, 1.165) is 17.5 Å². The van der Waals surface area contributed by atoms with Crippen molar-refractivity contribution < 1.29 is 27.2 Å². The largest absolute Gasteiger partial charge is 0.451 e. The van der Waals surface area contributed by atoms with Crippen LogP contribution in [0, 0.1) is 18.7 Å². The maximum Gasteiger partial charge on any atom is 0.451 e. The molecular formula is C27H21F4N7O2. The van der Waals surface area contributed by atoms with Crippen molar-refractivity contribution in [3.63, 3.8) is 0 Å². The van der Waals surface area contributed by atoms with Crippen LogP contribution in [0.25, 0.3) is 11.4 Å². The van der Waals surface area contributed by atoms with E-state index in [9.17, 15) is 27.2 Å². The first kappa shape index (κ1) is 25.6. The predicted molar refractivity (Wildman–Crippen MR) is 132 cm³/mol. The molecule has 9 nitrogen and oxygen atoms in total. The van der Waals surface area contributed by atoms with Crippen molar-refractivity contribution in [3.8, 4) is 11.4 Å². The highest BCUT2D eigenvalue weighted by atomic mass is 19.4. The molecule has 1 saturated carbocycles. The summed E-state index contributed by atoms with van der Waals surface area (Å²) in [5, 5.41) is 11.3. The molecule has 2 atom stereocenters. The van der Waals surface area contributed by atoms with E-state index in [1.807, 2.05) is 5.10 Å². The van der Waals surface area contributed by atoms with Gasteiger partial charge in [0.2, 0.25) is 5.82 Å².